The van der Waals surface area contributed by atoms with Crippen LogP contribution in [0.1, 0.15) is 0 Å². The van der Waals surface area contributed by atoms with Gasteiger partial charge in [0.2, 0.25) is 0 Å². The number of fused-ring (bicyclic) bond motifs is 9. The van der Waals surface area contributed by atoms with Crippen molar-refractivity contribution < 1.29 is 0 Å². The summed E-state index contributed by atoms with van der Waals surface area (Å²) in [6.45, 7) is 0. The molecule has 0 atom stereocenters. The van der Waals surface area contributed by atoms with Gasteiger partial charge in [0.25, 0.3) is 0 Å². The number of hydrogen-bond donors (Lipinski definition) is 0. The van der Waals surface area contributed by atoms with Gasteiger partial charge in [-0.15, -0.1) is 22.7 Å². The minimum absolute atomic E-state index is 0.911. The summed E-state index contributed by atoms with van der Waals surface area (Å²) < 4.78 is 7.58. The standard InChI is InChI=1S/C47H28N2S2/c1-2-11-29(12-3-1)30-13-10-14-31(23-30)33-24-40(32-21-22-37-35-16-5-8-19-43(35)50-45(37)25-32)48-47(26-33)49-41-18-7-4-15-34(41)38-28-46-39(27-42(38)49)36-17-6-9-20-44(36)51-46/h1-28H. The summed E-state index contributed by atoms with van der Waals surface area (Å²) in [5, 5.41) is 7.67. The molecule has 0 radical (unpaired) electrons. The van der Waals surface area contributed by atoms with E-state index in [2.05, 4.69) is 174 Å². The maximum absolute atomic E-state index is 5.51. The molecule has 0 N–H and O–H groups in total. The van der Waals surface area contributed by atoms with Crippen LogP contribution in [0.4, 0.5) is 0 Å². The van der Waals surface area contributed by atoms with Crippen molar-refractivity contribution in [2.45, 2.75) is 0 Å². The van der Waals surface area contributed by atoms with Gasteiger partial charge in [0.05, 0.1) is 16.7 Å². The topological polar surface area (TPSA) is 17.8 Å². The van der Waals surface area contributed by atoms with Crippen LogP contribution in [-0.4, -0.2) is 9.55 Å². The van der Waals surface area contributed by atoms with E-state index in [9.17, 15) is 0 Å². The molecule has 11 rings (SSSR count). The monoisotopic (exact) mass is 684 g/mol. The van der Waals surface area contributed by atoms with Gasteiger partial charge < -0.3 is 0 Å². The molecule has 4 heterocycles. The van der Waals surface area contributed by atoms with Gasteiger partial charge in [0.15, 0.2) is 0 Å². The molecule has 4 aromatic heterocycles. The normalized spacial score (nSPS) is 11.9. The number of thiophene rings is 2. The molecule has 0 unspecified atom stereocenters. The molecule has 0 fully saturated rings. The van der Waals surface area contributed by atoms with Crippen LogP contribution in [-0.2, 0) is 0 Å². The zero-order chi connectivity index (χ0) is 33.5. The smallest absolute Gasteiger partial charge is 0.138 e. The average molecular weight is 685 g/mol. The molecule has 238 valence electrons. The van der Waals surface area contributed by atoms with Crippen LogP contribution in [0.15, 0.2) is 170 Å². The second-order valence-electron chi connectivity index (χ2n) is 13.2. The van der Waals surface area contributed by atoms with Crippen molar-refractivity contribution in [2.24, 2.45) is 0 Å². The number of aromatic nitrogens is 2. The number of nitrogens with zero attached hydrogens (tertiary/aromatic N) is 2. The van der Waals surface area contributed by atoms with Crippen molar-refractivity contribution in [3.63, 3.8) is 0 Å². The van der Waals surface area contributed by atoms with E-state index in [1.807, 2.05) is 22.7 Å². The Hall–Kier alpha value is -6.07. The SMILES string of the molecule is c1ccc(-c2cccc(-c3cc(-c4ccc5c(c4)sc4ccccc45)nc(-n4c5ccccc5c5cc6sc7ccccc7c6cc54)c3)c2)cc1. The second kappa shape index (κ2) is 11.2. The van der Waals surface area contributed by atoms with Gasteiger partial charge in [-0.2, -0.15) is 0 Å². The first-order valence-electron chi connectivity index (χ1n) is 17.2. The molecule has 0 aliphatic rings. The summed E-state index contributed by atoms with van der Waals surface area (Å²) in [7, 11) is 0. The Morgan fingerprint density at radius 1 is 0.333 bits per heavy atom. The fourth-order valence-electron chi connectivity index (χ4n) is 7.77. The third-order valence-electron chi connectivity index (χ3n) is 10.2. The first-order valence-corrected chi connectivity index (χ1v) is 18.8. The van der Waals surface area contributed by atoms with Gasteiger partial charge in [-0.05, 0) is 76.9 Å². The highest BCUT2D eigenvalue weighted by Gasteiger charge is 2.18. The summed E-state index contributed by atoms with van der Waals surface area (Å²) in [4.78, 5) is 5.51. The largest absolute Gasteiger partial charge is 0.294 e. The number of benzene rings is 7. The quantitative estimate of drug-likeness (QED) is 0.180. The van der Waals surface area contributed by atoms with Crippen molar-refractivity contribution in [1.82, 2.24) is 9.55 Å². The summed E-state index contributed by atoms with van der Waals surface area (Å²) in [6.07, 6.45) is 0. The van der Waals surface area contributed by atoms with E-state index in [4.69, 9.17) is 4.98 Å². The molecule has 4 heteroatoms. The summed E-state index contributed by atoms with van der Waals surface area (Å²) >= 11 is 3.71. The predicted octanol–water partition coefficient (Wildman–Crippen LogP) is 13.9. The number of hydrogen-bond acceptors (Lipinski definition) is 3. The Labute approximate surface area is 302 Å². The molecule has 0 saturated heterocycles. The van der Waals surface area contributed by atoms with Gasteiger partial charge in [-0.3, -0.25) is 4.57 Å². The molecule has 0 aliphatic heterocycles. The lowest BCUT2D eigenvalue weighted by atomic mass is 9.98. The average Bonchev–Trinajstić information content (AvgIpc) is 3.86. The number of rotatable bonds is 4. The van der Waals surface area contributed by atoms with E-state index in [1.54, 1.807) is 0 Å². The van der Waals surface area contributed by atoms with E-state index < -0.39 is 0 Å². The van der Waals surface area contributed by atoms with Gasteiger partial charge in [0.1, 0.15) is 5.82 Å². The Morgan fingerprint density at radius 2 is 0.961 bits per heavy atom. The van der Waals surface area contributed by atoms with Gasteiger partial charge in [-0.25, -0.2) is 4.98 Å². The Balaban J connectivity index is 1.19. The molecule has 0 amide bonds. The Bertz CT molecular complexity index is 3140. The van der Waals surface area contributed by atoms with Crippen LogP contribution < -0.4 is 0 Å². The molecule has 2 nitrogen and oxygen atoms in total. The van der Waals surface area contributed by atoms with E-state index in [-0.39, 0.29) is 0 Å². The Kier molecular flexibility index (Phi) is 6.32. The molecule has 0 bridgehead atoms. The number of para-hydroxylation sites is 1. The lowest BCUT2D eigenvalue weighted by molar-refractivity contribution is 1.09. The zero-order valence-electron chi connectivity index (χ0n) is 27.4. The van der Waals surface area contributed by atoms with Gasteiger partial charge >= 0.3 is 0 Å². The highest BCUT2D eigenvalue weighted by Crippen LogP contribution is 2.42. The second-order valence-corrected chi connectivity index (χ2v) is 15.3. The highest BCUT2D eigenvalue weighted by atomic mass is 32.1. The summed E-state index contributed by atoms with van der Waals surface area (Å²) in [6, 6.07) is 61.8. The lowest BCUT2D eigenvalue weighted by Crippen LogP contribution is -2.00. The van der Waals surface area contributed by atoms with Crippen molar-refractivity contribution in [2.75, 3.05) is 0 Å². The lowest BCUT2D eigenvalue weighted by Gasteiger charge is -2.14. The minimum Gasteiger partial charge on any atom is -0.294 e. The fraction of sp³-hybridized carbons (Fsp3) is 0. The van der Waals surface area contributed by atoms with E-state index in [0.717, 1.165) is 33.7 Å². The van der Waals surface area contributed by atoms with Crippen molar-refractivity contribution in [3.8, 4) is 39.3 Å². The van der Waals surface area contributed by atoms with Crippen molar-refractivity contribution >= 4 is 84.8 Å². The third-order valence-corrected chi connectivity index (χ3v) is 12.5. The molecular formula is C47H28N2S2. The van der Waals surface area contributed by atoms with E-state index in [1.165, 1.54) is 67.8 Å². The third kappa shape index (κ3) is 4.58. The summed E-state index contributed by atoms with van der Waals surface area (Å²) in [5.41, 5.74) is 9.10. The van der Waals surface area contributed by atoms with E-state index in [0.29, 0.717) is 0 Å². The molecule has 7 aromatic carbocycles. The molecule has 0 saturated carbocycles. The van der Waals surface area contributed by atoms with Crippen molar-refractivity contribution in [1.29, 1.82) is 0 Å². The minimum atomic E-state index is 0.911. The van der Waals surface area contributed by atoms with Crippen LogP contribution >= 0.6 is 22.7 Å². The first kappa shape index (κ1) is 28.7. The van der Waals surface area contributed by atoms with Crippen molar-refractivity contribution in [3.05, 3.63) is 170 Å². The van der Waals surface area contributed by atoms with Crippen LogP contribution in [0, 0.1) is 0 Å². The fourth-order valence-corrected chi connectivity index (χ4v) is 10.0. The number of pyridine rings is 1. The molecular weight excluding hydrogens is 657 g/mol. The molecule has 0 aliphatic carbocycles. The maximum atomic E-state index is 5.51. The van der Waals surface area contributed by atoms with E-state index >= 15 is 0 Å². The zero-order valence-corrected chi connectivity index (χ0v) is 29.0. The molecule has 51 heavy (non-hydrogen) atoms. The Morgan fingerprint density at radius 3 is 1.76 bits per heavy atom. The predicted molar refractivity (Wildman–Crippen MR) is 221 cm³/mol. The highest BCUT2D eigenvalue weighted by molar-refractivity contribution is 7.26. The van der Waals surface area contributed by atoms with Crippen LogP contribution in [0.25, 0.3) is 101 Å². The van der Waals surface area contributed by atoms with Crippen LogP contribution in [0.3, 0.4) is 0 Å². The maximum Gasteiger partial charge on any atom is 0.138 e. The van der Waals surface area contributed by atoms with Crippen LogP contribution in [0.5, 0.6) is 0 Å². The van der Waals surface area contributed by atoms with Gasteiger partial charge in [0, 0.05) is 56.7 Å². The molecule has 11 aromatic rings. The first-order chi connectivity index (χ1) is 25.2. The van der Waals surface area contributed by atoms with Gasteiger partial charge in [-0.1, -0.05) is 115 Å². The van der Waals surface area contributed by atoms with Crippen LogP contribution in [0.2, 0.25) is 0 Å². The summed E-state index contributed by atoms with van der Waals surface area (Å²) in [5.74, 6) is 0.911. The molecule has 0 spiro atoms.